The molecule has 0 bridgehead atoms. The average Bonchev–Trinajstić information content (AvgIpc) is 2.49. The molecule has 20 heavy (non-hydrogen) atoms. The molecule has 2 rings (SSSR count). The van der Waals surface area contributed by atoms with Gasteiger partial charge in [0.1, 0.15) is 5.75 Å². The number of nitrogens with zero attached hydrogens (tertiary/aromatic N) is 1. The Bertz CT molecular complexity index is 513. The number of pyridine rings is 1. The zero-order valence-electron chi connectivity index (χ0n) is 12.2. The Hall–Kier alpha value is -1.87. The highest BCUT2D eigenvalue weighted by Crippen LogP contribution is 2.20. The quantitative estimate of drug-likeness (QED) is 0.840. The molecule has 0 aliphatic rings. The van der Waals surface area contributed by atoms with Gasteiger partial charge in [0, 0.05) is 18.4 Å². The van der Waals surface area contributed by atoms with Crippen LogP contribution in [0.15, 0.2) is 48.8 Å². The molecule has 0 radical (unpaired) electrons. The molecule has 0 saturated carbocycles. The first-order valence-electron chi connectivity index (χ1n) is 7.07. The van der Waals surface area contributed by atoms with Crippen LogP contribution in [0.1, 0.15) is 18.1 Å². The summed E-state index contributed by atoms with van der Waals surface area (Å²) in [6, 6.07) is 12.8. The number of rotatable bonds is 7. The lowest BCUT2D eigenvalue weighted by atomic mass is 9.99. The van der Waals surface area contributed by atoms with Crippen LogP contribution in [-0.4, -0.2) is 24.7 Å². The highest BCUT2D eigenvalue weighted by Gasteiger charge is 2.12. The van der Waals surface area contributed by atoms with Crippen molar-refractivity contribution in [2.75, 3.05) is 13.7 Å². The molecule has 106 valence electrons. The average molecular weight is 270 g/mol. The van der Waals surface area contributed by atoms with Gasteiger partial charge in [0.05, 0.1) is 7.11 Å². The van der Waals surface area contributed by atoms with Gasteiger partial charge in [-0.15, -0.1) is 0 Å². The van der Waals surface area contributed by atoms with Crippen LogP contribution in [0.4, 0.5) is 0 Å². The fourth-order valence-corrected chi connectivity index (χ4v) is 2.45. The standard InChI is InChI=1S/C17H22N2O/c1-3-19-16(12-14-8-10-18-11-9-14)13-15-6-4-5-7-17(15)20-2/h4-11,16,19H,3,12-13H2,1-2H3. The summed E-state index contributed by atoms with van der Waals surface area (Å²) in [5.74, 6) is 0.963. The summed E-state index contributed by atoms with van der Waals surface area (Å²) < 4.78 is 5.44. The topological polar surface area (TPSA) is 34.2 Å². The van der Waals surface area contributed by atoms with E-state index in [4.69, 9.17) is 4.74 Å². The largest absolute Gasteiger partial charge is 0.496 e. The number of nitrogens with one attached hydrogen (secondary N) is 1. The lowest BCUT2D eigenvalue weighted by molar-refractivity contribution is 0.404. The van der Waals surface area contributed by atoms with Crippen molar-refractivity contribution in [2.24, 2.45) is 0 Å². The third kappa shape index (κ3) is 4.07. The third-order valence-electron chi connectivity index (χ3n) is 3.38. The minimum Gasteiger partial charge on any atom is -0.496 e. The summed E-state index contributed by atoms with van der Waals surface area (Å²) in [6.45, 7) is 3.10. The molecule has 1 aromatic heterocycles. The van der Waals surface area contributed by atoms with Crippen LogP contribution in [0.5, 0.6) is 5.75 Å². The molecule has 3 nitrogen and oxygen atoms in total. The van der Waals surface area contributed by atoms with Gasteiger partial charge in [0.15, 0.2) is 0 Å². The first kappa shape index (κ1) is 14.5. The lowest BCUT2D eigenvalue weighted by Crippen LogP contribution is -2.33. The van der Waals surface area contributed by atoms with Crippen LogP contribution >= 0.6 is 0 Å². The number of hydrogen-bond acceptors (Lipinski definition) is 3. The molecule has 0 fully saturated rings. The van der Waals surface area contributed by atoms with Gasteiger partial charge in [0.2, 0.25) is 0 Å². The van der Waals surface area contributed by atoms with Crippen molar-refractivity contribution in [2.45, 2.75) is 25.8 Å². The van der Waals surface area contributed by atoms with E-state index in [0.717, 1.165) is 25.1 Å². The zero-order chi connectivity index (χ0) is 14.2. The van der Waals surface area contributed by atoms with E-state index in [9.17, 15) is 0 Å². The van der Waals surface area contributed by atoms with Crippen LogP contribution < -0.4 is 10.1 Å². The second kappa shape index (κ2) is 7.65. The second-order valence-electron chi connectivity index (χ2n) is 4.83. The Labute approximate surface area is 121 Å². The summed E-state index contributed by atoms with van der Waals surface area (Å²) in [5.41, 5.74) is 2.55. The van der Waals surface area contributed by atoms with Gasteiger partial charge >= 0.3 is 0 Å². The predicted molar refractivity (Wildman–Crippen MR) is 82.1 cm³/mol. The van der Waals surface area contributed by atoms with E-state index in [-0.39, 0.29) is 0 Å². The zero-order valence-corrected chi connectivity index (χ0v) is 12.2. The molecule has 0 amide bonds. The summed E-state index contributed by atoms with van der Waals surface area (Å²) in [4.78, 5) is 4.07. The van der Waals surface area contributed by atoms with Crippen molar-refractivity contribution in [1.82, 2.24) is 10.3 Å². The second-order valence-corrected chi connectivity index (χ2v) is 4.83. The van der Waals surface area contributed by atoms with Crippen molar-refractivity contribution in [3.63, 3.8) is 0 Å². The Morgan fingerprint density at radius 2 is 1.85 bits per heavy atom. The highest BCUT2D eigenvalue weighted by molar-refractivity contribution is 5.34. The summed E-state index contributed by atoms with van der Waals surface area (Å²) in [6.07, 6.45) is 5.65. The number of methoxy groups -OCH3 is 1. The Balaban J connectivity index is 2.09. The maximum atomic E-state index is 5.44. The van der Waals surface area contributed by atoms with Crippen molar-refractivity contribution < 1.29 is 4.74 Å². The molecule has 3 heteroatoms. The molecule has 0 spiro atoms. The van der Waals surface area contributed by atoms with E-state index >= 15 is 0 Å². The van der Waals surface area contributed by atoms with Gasteiger partial charge in [-0.25, -0.2) is 0 Å². The van der Waals surface area contributed by atoms with Crippen molar-refractivity contribution in [1.29, 1.82) is 0 Å². The minimum absolute atomic E-state index is 0.402. The Kier molecular flexibility index (Phi) is 5.56. The lowest BCUT2D eigenvalue weighted by Gasteiger charge is -2.19. The van der Waals surface area contributed by atoms with Crippen LogP contribution in [0.2, 0.25) is 0 Å². The van der Waals surface area contributed by atoms with Crippen molar-refractivity contribution in [3.8, 4) is 5.75 Å². The monoisotopic (exact) mass is 270 g/mol. The van der Waals surface area contributed by atoms with Crippen molar-refractivity contribution in [3.05, 3.63) is 59.9 Å². The molecule has 1 atom stereocenters. The molecule has 1 aromatic carbocycles. The van der Waals surface area contributed by atoms with E-state index in [0.29, 0.717) is 6.04 Å². The highest BCUT2D eigenvalue weighted by atomic mass is 16.5. The summed E-state index contributed by atoms with van der Waals surface area (Å²) in [5, 5.41) is 3.55. The number of para-hydroxylation sites is 1. The Morgan fingerprint density at radius 1 is 1.10 bits per heavy atom. The van der Waals surface area contributed by atoms with E-state index in [1.165, 1.54) is 11.1 Å². The van der Waals surface area contributed by atoms with E-state index < -0.39 is 0 Å². The van der Waals surface area contributed by atoms with Gasteiger partial charge in [-0.1, -0.05) is 25.1 Å². The number of ether oxygens (including phenoxy) is 1. The van der Waals surface area contributed by atoms with Gasteiger partial charge in [0.25, 0.3) is 0 Å². The molecule has 1 heterocycles. The van der Waals surface area contributed by atoms with Crippen LogP contribution in [0, 0.1) is 0 Å². The normalized spacial score (nSPS) is 12.1. The molecule has 0 saturated heterocycles. The predicted octanol–water partition coefficient (Wildman–Crippen LogP) is 2.85. The minimum atomic E-state index is 0.402. The first-order valence-corrected chi connectivity index (χ1v) is 7.07. The van der Waals surface area contributed by atoms with Gasteiger partial charge in [-0.05, 0) is 48.7 Å². The fourth-order valence-electron chi connectivity index (χ4n) is 2.45. The number of likely N-dealkylation sites (N-methyl/N-ethyl adjacent to an activating group) is 1. The third-order valence-corrected chi connectivity index (χ3v) is 3.38. The van der Waals surface area contributed by atoms with Gasteiger partial charge < -0.3 is 10.1 Å². The number of hydrogen-bond donors (Lipinski definition) is 1. The van der Waals surface area contributed by atoms with Crippen LogP contribution in [0.25, 0.3) is 0 Å². The molecule has 1 unspecified atom stereocenters. The number of benzene rings is 1. The maximum Gasteiger partial charge on any atom is 0.122 e. The van der Waals surface area contributed by atoms with Crippen molar-refractivity contribution >= 4 is 0 Å². The van der Waals surface area contributed by atoms with Crippen LogP contribution in [0.3, 0.4) is 0 Å². The molecule has 2 aromatic rings. The molecule has 0 aliphatic carbocycles. The molecule has 0 aliphatic heterocycles. The van der Waals surface area contributed by atoms with Gasteiger partial charge in [-0.3, -0.25) is 4.98 Å². The van der Waals surface area contributed by atoms with E-state index in [1.54, 1.807) is 7.11 Å². The SMILES string of the molecule is CCNC(Cc1ccncc1)Cc1ccccc1OC. The Morgan fingerprint density at radius 3 is 2.55 bits per heavy atom. The van der Waals surface area contributed by atoms with Crippen LogP contribution in [-0.2, 0) is 12.8 Å². The molecular formula is C17H22N2O. The fraction of sp³-hybridized carbons (Fsp3) is 0.353. The smallest absolute Gasteiger partial charge is 0.122 e. The molecular weight excluding hydrogens is 248 g/mol. The molecule has 1 N–H and O–H groups in total. The first-order chi connectivity index (χ1) is 9.83. The van der Waals surface area contributed by atoms with E-state index in [1.807, 2.05) is 24.5 Å². The maximum absolute atomic E-state index is 5.44. The summed E-state index contributed by atoms with van der Waals surface area (Å²) >= 11 is 0. The number of aromatic nitrogens is 1. The van der Waals surface area contributed by atoms with E-state index in [2.05, 4.69) is 41.5 Å². The van der Waals surface area contributed by atoms with Gasteiger partial charge in [-0.2, -0.15) is 0 Å². The summed E-state index contributed by atoms with van der Waals surface area (Å²) in [7, 11) is 1.73.